The van der Waals surface area contributed by atoms with Crippen LogP contribution < -0.4 is 5.32 Å². The Morgan fingerprint density at radius 1 is 1.08 bits per heavy atom. The van der Waals surface area contributed by atoms with Crippen LogP contribution in [0.5, 0.6) is 0 Å². The van der Waals surface area contributed by atoms with E-state index in [-0.39, 0.29) is 55.2 Å². The highest BCUT2D eigenvalue weighted by atomic mass is 79.9. The largest absolute Gasteiger partial charge is 0.455 e. The highest BCUT2D eigenvalue weighted by Gasteiger charge is 2.77. The fourth-order valence-electron chi connectivity index (χ4n) is 7.50. The molecule has 0 saturated carbocycles. The number of ether oxygens (including phenoxy) is 2. The second-order valence-corrected chi connectivity index (χ2v) is 14.1. The van der Waals surface area contributed by atoms with E-state index in [1.807, 2.05) is 60.7 Å². The highest BCUT2D eigenvalue weighted by Crippen LogP contribution is 2.60. The Balaban J connectivity index is 1.45. The van der Waals surface area contributed by atoms with Crippen LogP contribution in [0.3, 0.4) is 0 Å². The fourth-order valence-corrected chi connectivity index (χ4v) is 8.44. The topological polar surface area (TPSA) is 125 Å². The summed E-state index contributed by atoms with van der Waals surface area (Å²) in [6.45, 7) is 8.50. The molecule has 0 aliphatic carbocycles. The van der Waals surface area contributed by atoms with Gasteiger partial charge in [0.2, 0.25) is 17.7 Å². The zero-order valence-electron chi connectivity index (χ0n) is 27.8. The maximum atomic E-state index is 14.7. The van der Waals surface area contributed by atoms with Crippen LogP contribution in [0.1, 0.15) is 55.8 Å². The summed E-state index contributed by atoms with van der Waals surface area (Å²) in [6, 6.07) is 17.8. The predicted octanol–water partition coefficient (Wildman–Crippen LogP) is 4.48. The Bertz CT molecular complexity index is 1490. The maximum Gasteiger partial charge on any atom is 0.313 e. The summed E-state index contributed by atoms with van der Waals surface area (Å²) in [4.78, 5) is 58.9. The minimum atomic E-state index is -1.25. The number of carbonyl (C=O) groups excluding carboxylic acids is 4. The van der Waals surface area contributed by atoms with Gasteiger partial charge in [-0.05, 0) is 43.2 Å². The second kappa shape index (κ2) is 16.7. The van der Waals surface area contributed by atoms with E-state index in [4.69, 9.17) is 9.47 Å². The van der Waals surface area contributed by atoms with Gasteiger partial charge in [0, 0.05) is 37.5 Å². The van der Waals surface area contributed by atoms with E-state index < -0.39 is 41.7 Å². The van der Waals surface area contributed by atoms with Crippen molar-refractivity contribution in [3.8, 4) is 0 Å². The molecule has 3 saturated heterocycles. The number of nitrogens with zero attached hydrogens (tertiary/aromatic N) is 2. The summed E-state index contributed by atoms with van der Waals surface area (Å²) in [7, 11) is 0. The van der Waals surface area contributed by atoms with Crippen LogP contribution in [0.4, 0.5) is 0 Å². The van der Waals surface area contributed by atoms with Crippen LogP contribution in [0.2, 0.25) is 0 Å². The minimum absolute atomic E-state index is 0.0360. The molecule has 3 aliphatic rings. The van der Waals surface area contributed by atoms with Gasteiger partial charge in [-0.15, -0.1) is 13.2 Å². The average molecular weight is 737 g/mol. The van der Waals surface area contributed by atoms with Gasteiger partial charge in [0.15, 0.2) is 0 Å². The first kappa shape index (κ1) is 36.5. The smallest absolute Gasteiger partial charge is 0.313 e. The van der Waals surface area contributed by atoms with Crippen LogP contribution in [0.15, 0.2) is 86.0 Å². The number of hydrogen-bond acceptors (Lipinski definition) is 7. The first-order chi connectivity index (χ1) is 23.7. The first-order valence-corrected chi connectivity index (χ1v) is 18.0. The lowest BCUT2D eigenvalue weighted by molar-refractivity contribution is -0.160. The third-order valence-corrected chi connectivity index (χ3v) is 10.6. The Hall–Kier alpha value is -3.80. The summed E-state index contributed by atoms with van der Waals surface area (Å²) in [6.07, 6.45) is 4.83. The first-order valence-electron chi connectivity index (χ1n) is 17.1. The van der Waals surface area contributed by atoms with Gasteiger partial charge in [0.1, 0.15) is 17.7 Å². The van der Waals surface area contributed by atoms with Gasteiger partial charge in [-0.3, -0.25) is 19.2 Å². The van der Waals surface area contributed by atoms with E-state index in [1.54, 1.807) is 22.0 Å². The van der Waals surface area contributed by atoms with E-state index in [2.05, 4.69) is 34.4 Å². The number of aliphatic hydroxyl groups excluding tert-OH is 1. The Kier molecular flexibility index (Phi) is 12.5. The highest BCUT2D eigenvalue weighted by molar-refractivity contribution is 9.09. The van der Waals surface area contributed by atoms with Gasteiger partial charge in [0.05, 0.1) is 24.5 Å². The number of benzene rings is 2. The Labute approximate surface area is 296 Å². The van der Waals surface area contributed by atoms with E-state index in [1.165, 1.54) is 0 Å². The lowest BCUT2D eigenvalue weighted by Crippen LogP contribution is -2.56. The third kappa shape index (κ3) is 7.84. The van der Waals surface area contributed by atoms with E-state index in [9.17, 15) is 24.3 Å². The van der Waals surface area contributed by atoms with Gasteiger partial charge in [-0.1, -0.05) is 88.7 Å². The molecule has 10 nitrogen and oxygen atoms in total. The van der Waals surface area contributed by atoms with E-state index >= 15 is 0 Å². The number of allylic oxidation sites excluding steroid dienone is 1. The molecule has 1 spiro atoms. The molecule has 3 aliphatic heterocycles. The number of hydrogen-bond donors (Lipinski definition) is 2. The number of esters is 1. The molecule has 0 radical (unpaired) electrons. The SMILES string of the molecule is C=CCCC(=O)NC[C@@H](OC(=O)[C@@H]1[C@H]2O[C@@]3(CC2Br)[C@H](C(=O)N(CC=C)Cc2ccccc2)N(CCCCCO)C(=O)[C@@H]13)c1ccccc1. The molecule has 7 atom stereocenters. The molecule has 2 aromatic carbocycles. The molecular formula is C38H46BrN3O7. The number of amides is 3. The number of carbonyl (C=O) groups is 4. The van der Waals surface area contributed by atoms with Crippen LogP contribution in [0.25, 0.3) is 0 Å². The van der Waals surface area contributed by atoms with Gasteiger partial charge in [0.25, 0.3) is 0 Å². The monoisotopic (exact) mass is 735 g/mol. The van der Waals surface area contributed by atoms with E-state index in [0.29, 0.717) is 44.2 Å². The molecule has 3 heterocycles. The molecule has 2 N–H and O–H groups in total. The summed E-state index contributed by atoms with van der Waals surface area (Å²) in [5.41, 5.74) is 0.391. The molecule has 11 heteroatoms. The number of aliphatic hydroxyl groups is 1. The number of unbranched alkanes of at least 4 members (excludes halogenated alkanes) is 2. The van der Waals surface area contributed by atoms with Crippen LogP contribution in [-0.4, -0.2) is 87.4 Å². The normalized spacial score (nSPS) is 25.8. The molecule has 0 aromatic heterocycles. The minimum Gasteiger partial charge on any atom is -0.455 e. The number of alkyl halides is 1. The van der Waals surface area contributed by atoms with Crippen LogP contribution in [0, 0.1) is 11.8 Å². The summed E-state index contributed by atoms with van der Waals surface area (Å²) in [5.74, 6) is -3.26. The standard InChI is InChI=1S/C38H46BrN3O7/c1-3-5-19-30(44)40-24-29(27-17-11-7-12-18-27)48-37(47)31-32-35(45)42(21-13-8-14-22-43)34(38(32)23-28(39)33(31)49-38)36(46)41(20-4-2)25-26-15-9-6-10-16-26/h3-4,6-7,9-12,15-18,28-29,31-34,43H,1-2,5,8,13-14,19-25H2,(H,40,44)/t28?,29-,31+,32-,33+,34+,38-/m1/s1. The van der Waals surface area contributed by atoms with Gasteiger partial charge in [-0.25, -0.2) is 0 Å². The van der Waals surface area contributed by atoms with Crippen molar-refractivity contribution in [3.63, 3.8) is 0 Å². The number of nitrogens with one attached hydrogen (secondary N) is 1. The molecule has 1 unspecified atom stereocenters. The average Bonchev–Trinajstić information content (AvgIpc) is 3.70. The summed E-state index contributed by atoms with van der Waals surface area (Å²) in [5, 5.41) is 12.2. The van der Waals surface area contributed by atoms with Crippen LogP contribution >= 0.6 is 15.9 Å². The van der Waals surface area contributed by atoms with Crippen molar-refractivity contribution in [2.24, 2.45) is 11.8 Å². The number of likely N-dealkylation sites (tertiary alicyclic amines) is 1. The van der Waals surface area contributed by atoms with Gasteiger partial charge < -0.3 is 29.7 Å². The lowest BCUT2D eigenvalue weighted by Gasteiger charge is -2.37. The van der Waals surface area contributed by atoms with Gasteiger partial charge in [-0.2, -0.15) is 0 Å². The van der Waals surface area contributed by atoms with Crippen molar-refractivity contribution >= 4 is 39.6 Å². The maximum absolute atomic E-state index is 14.7. The van der Waals surface area contributed by atoms with Gasteiger partial charge >= 0.3 is 5.97 Å². The quantitative estimate of drug-likeness (QED) is 0.100. The van der Waals surface area contributed by atoms with Crippen molar-refractivity contribution in [1.82, 2.24) is 15.1 Å². The molecule has 2 bridgehead atoms. The summed E-state index contributed by atoms with van der Waals surface area (Å²) < 4.78 is 12.9. The molecule has 3 amide bonds. The molecular weight excluding hydrogens is 690 g/mol. The molecule has 262 valence electrons. The molecule has 5 rings (SSSR count). The van der Waals surface area contributed by atoms with Crippen molar-refractivity contribution in [2.45, 2.75) is 73.7 Å². The zero-order valence-corrected chi connectivity index (χ0v) is 29.3. The second-order valence-electron chi connectivity index (χ2n) is 12.9. The fraction of sp³-hybridized carbons (Fsp3) is 0.474. The van der Waals surface area contributed by atoms with Crippen molar-refractivity contribution in [1.29, 1.82) is 0 Å². The summed E-state index contributed by atoms with van der Waals surface area (Å²) >= 11 is 3.74. The number of fused-ring (bicyclic) bond motifs is 1. The zero-order chi connectivity index (χ0) is 35.0. The Morgan fingerprint density at radius 2 is 1.80 bits per heavy atom. The Morgan fingerprint density at radius 3 is 2.47 bits per heavy atom. The van der Waals surface area contributed by atoms with Crippen molar-refractivity contribution < 1.29 is 33.8 Å². The number of halogens is 1. The van der Waals surface area contributed by atoms with E-state index in [0.717, 1.165) is 5.56 Å². The third-order valence-electron chi connectivity index (χ3n) is 9.72. The number of rotatable bonds is 18. The molecule has 3 fully saturated rings. The molecule has 49 heavy (non-hydrogen) atoms. The van der Waals surface area contributed by atoms with Crippen molar-refractivity contribution in [2.75, 3.05) is 26.2 Å². The van der Waals surface area contributed by atoms with Crippen molar-refractivity contribution in [3.05, 3.63) is 97.1 Å². The van der Waals surface area contributed by atoms with Crippen LogP contribution in [-0.2, 0) is 35.2 Å². The predicted molar refractivity (Wildman–Crippen MR) is 188 cm³/mol. The molecule has 2 aromatic rings. The lowest BCUT2D eigenvalue weighted by atomic mass is 9.70.